The van der Waals surface area contributed by atoms with Gasteiger partial charge in [0, 0.05) is 32.6 Å². The molecule has 2 aromatic heterocycles. The van der Waals surface area contributed by atoms with Crippen molar-refractivity contribution in [3.05, 3.63) is 36.4 Å². The molecule has 31 heavy (non-hydrogen) atoms. The van der Waals surface area contributed by atoms with Gasteiger partial charge in [-0.3, -0.25) is 9.59 Å². The van der Waals surface area contributed by atoms with E-state index in [0.717, 1.165) is 0 Å². The Morgan fingerprint density at radius 3 is 2.68 bits per heavy atom. The number of benzene rings is 1. The fraction of sp³-hybridized carbons (Fsp3) is 0.400. The van der Waals surface area contributed by atoms with E-state index in [9.17, 15) is 14.0 Å². The first-order valence-corrected chi connectivity index (χ1v) is 10.1. The van der Waals surface area contributed by atoms with Crippen LogP contribution >= 0.6 is 0 Å². The van der Waals surface area contributed by atoms with Gasteiger partial charge in [0.15, 0.2) is 17.0 Å². The first kappa shape index (κ1) is 20.6. The van der Waals surface area contributed by atoms with Gasteiger partial charge in [-0.2, -0.15) is 4.68 Å². The maximum Gasteiger partial charge on any atom is 0.306 e. The molecule has 0 atom stereocenters. The minimum atomic E-state index is -0.376. The van der Waals surface area contributed by atoms with Gasteiger partial charge in [0.2, 0.25) is 5.91 Å². The predicted octanol–water partition coefficient (Wildman–Crippen LogP) is 1.34. The Kier molecular flexibility index (Phi) is 6.01. The molecule has 1 amide bonds. The fourth-order valence-corrected chi connectivity index (χ4v) is 3.52. The third-order valence-electron chi connectivity index (χ3n) is 5.05. The molecule has 11 heteroatoms. The van der Waals surface area contributed by atoms with E-state index in [2.05, 4.69) is 20.3 Å². The summed E-state index contributed by atoms with van der Waals surface area (Å²) in [5.41, 5.74) is 1.50. The number of anilines is 1. The maximum absolute atomic E-state index is 13.6. The van der Waals surface area contributed by atoms with Gasteiger partial charge in [0.05, 0.1) is 18.7 Å². The van der Waals surface area contributed by atoms with Gasteiger partial charge in [-0.1, -0.05) is 11.3 Å². The van der Waals surface area contributed by atoms with Gasteiger partial charge < -0.3 is 14.5 Å². The molecule has 0 aliphatic carbocycles. The Bertz CT molecular complexity index is 1100. The number of halogens is 1. The number of ether oxygens (including phenoxy) is 1. The van der Waals surface area contributed by atoms with E-state index < -0.39 is 0 Å². The number of nitrogens with zero attached hydrogens (tertiary/aromatic N) is 7. The van der Waals surface area contributed by atoms with Gasteiger partial charge in [0.25, 0.3) is 0 Å². The number of piperazine rings is 1. The normalized spacial score (nSPS) is 14.1. The largest absolute Gasteiger partial charge is 0.466 e. The standard InChI is InChI=1S/C20H22FN7O3/c1-2-31-17(30)7-6-16(29)26-8-10-27(11-9-26)19-18-20(23-13-22-19)28(25-24-18)15-5-3-4-14(21)12-15/h3-5,12-13H,2,6-11H2,1H3. The molecule has 3 aromatic rings. The molecular weight excluding hydrogens is 405 g/mol. The molecule has 1 aromatic carbocycles. The van der Waals surface area contributed by atoms with Crippen LogP contribution in [0.3, 0.4) is 0 Å². The summed E-state index contributed by atoms with van der Waals surface area (Å²) >= 11 is 0. The first-order valence-electron chi connectivity index (χ1n) is 10.1. The van der Waals surface area contributed by atoms with Gasteiger partial charge in [-0.25, -0.2) is 14.4 Å². The summed E-state index contributed by atoms with van der Waals surface area (Å²) in [4.78, 5) is 36.2. The van der Waals surface area contributed by atoms with Crippen LogP contribution in [0.1, 0.15) is 19.8 Å². The summed E-state index contributed by atoms with van der Waals surface area (Å²) in [5.74, 6) is -0.192. The van der Waals surface area contributed by atoms with E-state index >= 15 is 0 Å². The molecule has 4 rings (SSSR count). The molecule has 0 unspecified atom stereocenters. The minimum absolute atomic E-state index is 0.0717. The van der Waals surface area contributed by atoms with Gasteiger partial charge >= 0.3 is 5.97 Å². The highest BCUT2D eigenvalue weighted by Crippen LogP contribution is 2.24. The summed E-state index contributed by atoms with van der Waals surface area (Å²) in [6.45, 7) is 4.17. The Labute approximate surface area is 177 Å². The van der Waals surface area contributed by atoms with E-state index in [1.54, 1.807) is 24.0 Å². The molecule has 0 spiro atoms. The predicted molar refractivity (Wildman–Crippen MR) is 109 cm³/mol. The molecular formula is C20H22FN7O3. The summed E-state index contributed by atoms with van der Waals surface area (Å²) < 4.78 is 19.9. The van der Waals surface area contributed by atoms with Crippen molar-refractivity contribution in [3.63, 3.8) is 0 Å². The average molecular weight is 427 g/mol. The molecule has 0 N–H and O–H groups in total. The number of esters is 1. The first-order chi connectivity index (χ1) is 15.1. The van der Waals surface area contributed by atoms with Gasteiger partial charge in [0.1, 0.15) is 12.1 Å². The highest BCUT2D eigenvalue weighted by Gasteiger charge is 2.25. The van der Waals surface area contributed by atoms with Crippen LogP contribution in [-0.4, -0.2) is 74.5 Å². The van der Waals surface area contributed by atoms with Crippen LogP contribution in [0.5, 0.6) is 0 Å². The number of fused-ring (bicyclic) bond motifs is 1. The highest BCUT2D eigenvalue weighted by molar-refractivity contribution is 5.84. The van der Waals surface area contributed by atoms with Crippen LogP contribution in [0, 0.1) is 5.82 Å². The molecule has 10 nitrogen and oxygen atoms in total. The number of carbonyl (C=O) groups is 2. The molecule has 1 aliphatic heterocycles. The van der Waals surface area contributed by atoms with Crippen molar-refractivity contribution in [1.82, 2.24) is 29.9 Å². The second kappa shape index (κ2) is 9.02. The topological polar surface area (TPSA) is 106 Å². The van der Waals surface area contributed by atoms with E-state index in [-0.39, 0.29) is 30.5 Å². The van der Waals surface area contributed by atoms with Crippen LogP contribution in [-0.2, 0) is 14.3 Å². The van der Waals surface area contributed by atoms with E-state index in [1.165, 1.54) is 23.1 Å². The van der Waals surface area contributed by atoms with Crippen molar-refractivity contribution in [2.45, 2.75) is 19.8 Å². The minimum Gasteiger partial charge on any atom is -0.466 e. The van der Waals surface area contributed by atoms with Crippen molar-refractivity contribution in [2.75, 3.05) is 37.7 Å². The molecule has 0 radical (unpaired) electrons. The SMILES string of the molecule is CCOC(=O)CCC(=O)N1CCN(c2ncnc3c2nnn3-c2cccc(F)c2)CC1. The molecule has 1 fully saturated rings. The quantitative estimate of drug-likeness (QED) is 0.543. The Hall–Kier alpha value is -3.63. The van der Waals surface area contributed by atoms with Crippen LogP contribution in [0.15, 0.2) is 30.6 Å². The van der Waals surface area contributed by atoms with Crippen molar-refractivity contribution in [2.24, 2.45) is 0 Å². The van der Waals surface area contributed by atoms with Gasteiger partial charge in [-0.05, 0) is 25.1 Å². The van der Waals surface area contributed by atoms with Crippen LogP contribution in [0.2, 0.25) is 0 Å². The second-order valence-electron chi connectivity index (χ2n) is 7.02. The molecule has 1 aliphatic rings. The number of rotatable bonds is 6. The third kappa shape index (κ3) is 4.44. The maximum atomic E-state index is 13.6. The number of hydrogen-bond donors (Lipinski definition) is 0. The monoisotopic (exact) mass is 427 g/mol. The van der Waals surface area contributed by atoms with E-state index in [1.807, 2.05) is 4.90 Å². The number of carbonyl (C=O) groups excluding carboxylic acids is 2. The molecule has 0 bridgehead atoms. The van der Waals surface area contributed by atoms with Crippen LogP contribution in [0.4, 0.5) is 10.2 Å². The Morgan fingerprint density at radius 1 is 1.13 bits per heavy atom. The second-order valence-corrected chi connectivity index (χ2v) is 7.02. The zero-order valence-corrected chi connectivity index (χ0v) is 17.1. The number of aromatic nitrogens is 5. The lowest BCUT2D eigenvalue weighted by molar-refractivity contribution is -0.145. The van der Waals surface area contributed by atoms with Crippen molar-refractivity contribution in [1.29, 1.82) is 0 Å². The van der Waals surface area contributed by atoms with Crippen LogP contribution < -0.4 is 4.90 Å². The summed E-state index contributed by atoms with van der Waals surface area (Å²) in [5, 5.41) is 8.34. The lowest BCUT2D eigenvalue weighted by Crippen LogP contribution is -2.49. The summed E-state index contributed by atoms with van der Waals surface area (Å²) in [6, 6.07) is 6.03. The zero-order chi connectivity index (χ0) is 21.8. The lowest BCUT2D eigenvalue weighted by Gasteiger charge is -2.35. The smallest absolute Gasteiger partial charge is 0.306 e. The number of amides is 1. The van der Waals surface area contributed by atoms with Crippen molar-refractivity contribution < 1.29 is 18.7 Å². The van der Waals surface area contributed by atoms with Crippen LogP contribution in [0.25, 0.3) is 16.9 Å². The summed E-state index contributed by atoms with van der Waals surface area (Å²) in [6.07, 6.45) is 1.65. The lowest BCUT2D eigenvalue weighted by atomic mass is 10.2. The molecule has 1 saturated heterocycles. The summed E-state index contributed by atoms with van der Waals surface area (Å²) in [7, 11) is 0. The van der Waals surface area contributed by atoms with Crippen molar-refractivity contribution in [3.8, 4) is 5.69 Å². The molecule has 162 valence electrons. The molecule has 0 saturated carbocycles. The van der Waals surface area contributed by atoms with E-state index in [0.29, 0.717) is 55.5 Å². The van der Waals surface area contributed by atoms with Gasteiger partial charge in [-0.15, -0.1) is 5.10 Å². The average Bonchev–Trinajstić information content (AvgIpc) is 3.22. The Balaban J connectivity index is 1.45. The third-order valence-corrected chi connectivity index (χ3v) is 5.05. The van der Waals surface area contributed by atoms with Crippen molar-refractivity contribution >= 4 is 28.9 Å². The molecule has 3 heterocycles. The van der Waals surface area contributed by atoms with E-state index in [4.69, 9.17) is 4.74 Å². The number of hydrogen-bond acceptors (Lipinski definition) is 8. The Morgan fingerprint density at radius 2 is 1.94 bits per heavy atom. The fourth-order valence-electron chi connectivity index (χ4n) is 3.52. The highest BCUT2D eigenvalue weighted by atomic mass is 19.1. The zero-order valence-electron chi connectivity index (χ0n) is 17.1.